The number of nitrogens with zero attached hydrogens (tertiary/aromatic N) is 3. The molecule has 19 heavy (non-hydrogen) atoms. The second-order valence-electron chi connectivity index (χ2n) is 4.27. The molecule has 0 radical (unpaired) electrons. The molecule has 0 aliphatic carbocycles. The fraction of sp³-hybridized carbons (Fsp3) is 0.600. The Balaban J connectivity index is 2.72. The fourth-order valence-electron chi connectivity index (χ4n) is 1.56. The van der Waals surface area contributed by atoms with Crippen molar-refractivity contribution in [1.29, 1.82) is 0 Å². The zero-order valence-corrected chi connectivity index (χ0v) is 12.8. The number of aromatic nitrogens is 2. The zero-order chi connectivity index (χ0) is 14.8. The number of carbonyl (C=O) groups is 1. The number of hydrogen-bond donors (Lipinski definition) is 1. The normalized spacial score (nSPS) is 11.6. The third kappa shape index (κ3) is 4.19. The lowest BCUT2D eigenvalue weighted by Gasteiger charge is -2.17. The summed E-state index contributed by atoms with van der Waals surface area (Å²) in [6, 6.07) is 0. The molecule has 1 aromatic heterocycles. The van der Waals surface area contributed by atoms with Gasteiger partial charge in [-0.2, -0.15) is 5.10 Å². The number of amides is 1. The quantitative estimate of drug-likeness (QED) is 0.830. The summed E-state index contributed by atoms with van der Waals surface area (Å²) in [5.74, 6) is -0.286. The Morgan fingerprint density at radius 2 is 2.11 bits per heavy atom. The van der Waals surface area contributed by atoms with Crippen LogP contribution in [0.5, 0.6) is 0 Å². The molecule has 7 nitrogen and oxygen atoms in total. The van der Waals surface area contributed by atoms with Gasteiger partial charge in [-0.15, -0.1) is 0 Å². The van der Waals surface area contributed by atoms with Gasteiger partial charge in [0.2, 0.25) is 10.0 Å². The summed E-state index contributed by atoms with van der Waals surface area (Å²) in [4.78, 5) is 13.6. The molecular weight excluding hydrogens is 292 g/mol. The van der Waals surface area contributed by atoms with E-state index < -0.39 is 10.0 Å². The number of halogens is 1. The molecule has 0 fully saturated rings. The smallest absolute Gasteiger partial charge is 0.258 e. The average molecular weight is 309 g/mol. The second-order valence-corrected chi connectivity index (χ2v) is 6.46. The van der Waals surface area contributed by atoms with Crippen molar-refractivity contribution in [1.82, 2.24) is 19.4 Å². The fourth-order valence-corrected chi connectivity index (χ4v) is 2.28. The van der Waals surface area contributed by atoms with Crippen LogP contribution in [0.25, 0.3) is 0 Å². The van der Waals surface area contributed by atoms with Gasteiger partial charge in [0, 0.05) is 27.2 Å². The van der Waals surface area contributed by atoms with Crippen LogP contribution in [0.4, 0.5) is 0 Å². The molecule has 0 aliphatic heterocycles. The summed E-state index contributed by atoms with van der Waals surface area (Å²) < 4.78 is 25.6. The molecule has 0 aromatic carbocycles. The molecule has 0 aliphatic rings. The lowest BCUT2D eigenvalue weighted by molar-refractivity contribution is 0.0797. The van der Waals surface area contributed by atoms with E-state index in [4.69, 9.17) is 11.6 Å². The first-order valence-electron chi connectivity index (χ1n) is 5.52. The molecule has 9 heteroatoms. The van der Waals surface area contributed by atoms with Crippen LogP contribution in [0.2, 0.25) is 5.15 Å². The van der Waals surface area contributed by atoms with Gasteiger partial charge in [0.05, 0.1) is 17.5 Å². The minimum absolute atomic E-state index is 0.151. The first kappa shape index (κ1) is 15.9. The number of aryl methyl sites for hydroxylation is 2. The van der Waals surface area contributed by atoms with E-state index in [9.17, 15) is 13.2 Å². The van der Waals surface area contributed by atoms with Crippen LogP contribution in [0.3, 0.4) is 0 Å². The van der Waals surface area contributed by atoms with Gasteiger partial charge < -0.3 is 4.90 Å². The maximum Gasteiger partial charge on any atom is 0.258 e. The molecule has 0 bridgehead atoms. The Labute approximate surface area is 117 Å². The Bertz CT molecular complexity index is 582. The molecule has 1 heterocycles. The number of hydrogen-bond acceptors (Lipinski definition) is 4. The maximum atomic E-state index is 12.2. The van der Waals surface area contributed by atoms with Crippen molar-refractivity contribution >= 4 is 27.5 Å². The molecular formula is C10H17ClN4O3S. The van der Waals surface area contributed by atoms with Crippen molar-refractivity contribution in [3.63, 3.8) is 0 Å². The number of likely N-dealkylation sites (N-methyl/N-ethyl adjacent to an activating group) is 1. The Morgan fingerprint density at radius 1 is 1.53 bits per heavy atom. The highest BCUT2D eigenvalue weighted by atomic mass is 35.5. The first-order valence-corrected chi connectivity index (χ1v) is 7.79. The predicted octanol–water partition coefficient (Wildman–Crippen LogP) is 0.00312. The first-order chi connectivity index (χ1) is 8.63. The highest BCUT2D eigenvalue weighted by molar-refractivity contribution is 7.88. The zero-order valence-electron chi connectivity index (χ0n) is 11.3. The lowest BCUT2D eigenvalue weighted by Crippen LogP contribution is -2.36. The molecule has 1 amide bonds. The summed E-state index contributed by atoms with van der Waals surface area (Å²) in [5, 5.41) is 4.33. The number of nitrogens with one attached hydrogen (secondary N) is 1. The van der Waals surface area contributed by atoms with Gasteiger partial charge in [0.25, 0.3) is 5.91 Å². The van der Waals surface area contributed by atoms with Crippen molar-refractivity contribution in [2.45, 2.75) is 6.92 Å². The molecule has 0 spiro atoms. The van der Waals surface area contributed by atoms with Crippen LogP contribution in [-0.2, 0) is 17.1 Å². The Kier molecular flexibility index (Phi) is 4.94. The Hall–Kier alpha value is -1.12. The van der Waals surface area contributed by atoms with Gasteiger partial charge in [-0.05, 0) is 6.92 Å². The molecule has 0 saturated carbocycles. The topological polar surface area (TPSA) is 84.3 Å². The van der Waals surface area contributed by atoms with Gasteiger partial charge >= 0.3 is 0 Å². The standard InChI is InChI=1S/C10H17ClN4O3S/c1-7-8(9(11)15(3)13-7)10(16)14(2)6-5-12-19(4,17)18/h12H,5-6H2,1-4H3. The maximum absolute atomic E-state index is 12.2. The van der Waals surface area contributed by atoms with E-state index in [0.717, 1.165) is 6.26 Å². The van der Waals surface area contributed by atoms with Crippen LogP contribution >= 0.6 is 11.6 Å². The highest BCUT2D eigenvalue weighted by Crippen LogP contribution is 2.19. The summed E-state index contributed by atoms with van der Waals surface area (Å²) in [5.41, 5.74) is 0.881. The summed E-state index contributed by atoms with van der Waals surface area (Å²) in [6.45, 7) is 2.09. The van der Waals surface area contributed by atoms with Crippen LogP contribution < -0.4 is 4.72 Å². The lowest BCUT2D eigenvalue weighted by atomic mass is 10.2. The average Bonchev–Trinajstić information content (AvgIpc) is 2.50. The van der Waals surface area contributed by atoms with E-state index in [1.165, 1.54) is 9.58 Å². The largest absolute Gasteiger partial charge is 0.340 e. The number of carbonyl (C=O) groups excluding carboxylic acids is 1. The molecule has 0 unspecified atom stereocenters. The molecule has 0 atom stereocenters. The molecule has 1 rings (SSSR count). The van der Waals surface area contributed by atoms with Crippen LogP contribution in [-0.4, -0.2) is 55.4 Å². The minimum atomic E-state index is -3.25. The van der Waals surface area contributed by atoms with Crippen LogP contribution in [0.1, 0.15) is 16.1 Å². The number of rotatable bonds is 5. The van der Waals surface area contributed by atoms with E-state index in [1.807, 2.05) is 0 Å². The van der Waals surface area contributed by atoms with E-state index >= 15 is 0 Å². The third-order valence-electron chi connectivity index (χ3n) is 2.52. The second kappa shape index (κ2) is 5.89. The summed E-state index contributed by atoms with van der Waals surface area (Å²) >= 11 is 6.00. The van der Waals surface area contributed by atoms with Crippen molar-refractivity contribution in [2.75, 3.05) is 26.4 Å². The summed E-state index contributed by atoms with van der Waals surface area (Å²) in [7, 11) is -0.0243. The molecule has 108 valence electrons. The molecule has 1 N–H and O–H groups in total. The van der Waals surface area contributed by atoms with Gasteiger partial charge in [0.1, 0.15) is 5.15 Å². The monoisotopic (exact) mass is 308 g/mol. The predicted molar refractivity (Wildman–Crippen MR) is 72.8 cm³/mol. The SMILES string of the molecule is Cc1nn(C)c(Cl)c1C(=O)N(C)CCNS(C)(=O)=O. The Morgan fingerprint density at radius 3 is 2.53 bits per heavy atom. The van der Waals surface area contributed by atoms with Gasteiger partial charge in [-0.3, -0.25) is 9.48 Å². The van der Waals surface area contributed by atoms with Gasteiger partial charge in [-0.25, -0.2) is 13.1 Å². The van der Waals surface area contributed by atoms with E-state index in [2.05, 4.69) is 9.82 Å². The third-order valence-corrected chi connectivity index (χ3v) is 3.69. The van der Waals surface area contributed by atoms with Gasteiger partial charge in [-0.1, -0.05) is 11.6 Å². The molecule has 0 saturated heterocycles. The highest BCUT2D eigenvalue weighted by Gasteiger charge is 2.21. The van der Waals surface area contributed by atoms with Crippen molar-refractivity contribution in [3.8, 4) is 0 Å². The van der Waals surface area contributed by atoms with E-state index in [1.54, 1.807) is 21.0 Å². The summed E-state index contributed by atoms with van der Waals surface area (Å²) in [6.07, 6.45) is 1.07. The van der Waals surface area contributed by atoms with E-state index in [-0.39, 0.29) is 24.1 Å². The van der Waals surface area contributed by atoms with Crippen molar-refractivity contribution in [3.05, 3.63) is 16.4 Å². The van der Waals surface area contributed by atoms with Crippen molar-refractivity contribution in [2.24, 2.45) is 7.05 Å². The minimum Gasteiger partial charge on any atom is -0.340 e. The number of sulfonamides is 1. The van der Waals surface area contributed by atoms with E-state index in [0.29, 0.717) is 11.3 Å². The molecule has 1 aromatic rings. The van der Waals surface area contributed by atoms with Crippen molar-refractivity contribution < 1.29 is 13.2 Å². The van der Waals surface area contributed by atoms with Crippen LogP contribution in [0.15, 0.2) is 0 Å². The van der Waals surface area contributed by atoms with Crippen LogP contribution in [0, 0.1) is 6.92 Å². The van der Waals surface area contributed by atoms with Gasteiger partial charge in [0.15, 0.2) is 0 Å².